The molecule has 0 radical (unpaired) electrons. The minimum atomic E-state index is -0.640. The van der Waals surface area contributed by atoms with Crippen LogP contribution in [-0.2, 0) is 21.5 Å². The van der Waals surface area contributed by atoms with E-state index in [1.54, 1.807) is 17.9 Å². The average molecular weight is 564 g/mol. The van der Waals surface area contributed by atoms with Crippen molar-refractivity contribution in [2.45, 2.75) is 83.8 Å². The summed E-state index contributed by atoms with van der Waals surface area (Å²) < 4.78 is 6.69. The average Bonchev–Trinajstić information content (AvgIpc) is 2.81. The number of hydrogen-bond acceptors (Lipinski definition) is 3. The predicted molar refractivity (Wildman–Crippen MR) is 145 cm³/mol. The van der Waals surface area contributed by atoms with Crippen molar-refractivity contribution in [2.75, 3.05) is 6.61 Å². The van der Waals surface area contributed by atoms with Crippen LogP contribution in [0, 0.1) is 0 Å². The molecule has 1 unspecified atom stereocenters. The lowest BCUT2D eigenvalue weighted by Gasteiger charge is -2.31. The molecule has 0 bridgehead atoms. The standard InChI is InChI=1S/C28H36BrClN2O3/c1-19(27(34)31-23-11-6-5-7-12-23)32(17-20-9-8-10-22(30)15-20)26(33)18-35-25-14-13-21(16-24(25)29)28(2,3)4/h8-10,13-16,19,23H,5-7,11-12,17-18H2,1-4H3,(H,31,34). The second-order valence-corrected chi connectivity index (χ2v) is 11.6. The molecule has 0 spiro atoms. The number of benzene rings is 2. The van der Waals surface area contributed by atoms with Crippen LogP contribution < -0.4 is 10.1 Å². The minimum absolute atomic E-state index is 0.00571. The molecule has 0 aliphatic heterocycles. The van der Waals surface area contributed by atoms with Crippen molar-refractivity contribution in [1.29, 1.82) is 0 Å². The summed E-state index contributed by atoms with van der Waals surface area (Å²) in [5.41, 5.74) is 2.03. The number of nitrogens with zero attached hydrogens (tertiary/aromatic N) is 1. The molecule has 190 valence electrons. The Labute approximate surface area is 222 Å². The molecule has 0 saturated heterocycles. The van der Waals surface area contributed by atoms with Crippen LogP contribution in [0.4, 0.5) is 0 Å². The molecule has 1 atom stereocenters. The smallest absolute Gasteiger partial charge is 0.261 e. The van der Waals surface area contributed by atoms with E-state index in [1.165, 1.54) is 12.0 Å². The van der Waals surface area contributed by atoms with E-state index in [0.29, 0.717) is 10.8 Å². The fourth-order valence-electron chi connectivity index (χ4n) is 4.29. The fraction of sp³-hybridized carbons (Fsp3) is 0.500. The second kappa shape index (κ2) is 12.3. The molecular formula is C28H36BrClN2O3. The highest BCUT2D eigenvalue weighted by molar-refractivity contribution is 9.10. The van der Waals surface area contributed by atoms with E-state index in [-0.39, 0.29) is 36.4 Å². The monoisotopic (exact) mass is 562 g/mol. The minimum Gasteiger partial charge on any atom is -0.483 e. The number of carbonyl (C=O) groups is 2. The largest absolute Gasteiger partial charge is 0.483 e. The lowest BCUT2D eigenvalue weighted by atomic mass is 9.87. The van der Waals surface area contributed by atoms with Crippen LogP contribution in [0.2, 0.25) is 5.02 Å². The molecule has 7 heteroatoms. The maximum absolute atomic E-state index is 13.4. The van der Waals surface area contributed by atoms with Crippen molar-refractivity contribution < 1.29 is 14.3 Å². The summed E-state index contributed by atoms with van der Waals surface area (Å²) in [6.45, 7) is 8.31. The predicted octanol–water partition coefficient (Wildman–Crippen LogP) is 6.65. The van der Waals surface area contributed by atoms with Crippen molar-refractivity contribution in [1.82, 2.24) is 10.2 Å². The maximum Gasteiger partial charge on any atom is 0.261 e. The molecule has 1 aliphatic carbocycles. The van der Waals surface area contributed by atoms with Crippen LogP contribution in [0.25, 0.3) is 0 Å². The van der Waals surface area contributed by atoms with Crippen molar-refractivity contribution in [2.24, 2.45) is 0 Å². The number of carbonyl (C=O) groups excluding carboxylic acids is 2. The van der Waals surface area contributed by atoms with Gasteiger partial charge in [0.25, 0.3) is 5.91 Å². The molecular weight excluding hydrogens is 528 g/mol. The Balaban J connectivity index is 1.73. The molecule has 2 aromatic carbocycles. The Morgan fingerprint density at radius 1 is 1.14 bits per heavy atom. The first kappa shape index (κ1) is 27.5. The summed E-state index contributed by atoms with van der Waals surface area (Å²) in [6.07, 6.45) is 5.44. The van der Waals surface area contributed by atoms with Crippen LogP contribution in [-0.4, -0.2) is 35.4 Å². The summed E-state index contributed by atoms with van der Waals surface area (Å²) in [5, 5.41) is 3.74. The Morgan fingerprint density at radius 2 is 1.86 bits per heavy atom. The zero-order valence-corrected chi connectivity index (χ0v) is 23.4. The van der Waals surface area contributed by atoms with Crippen molar-refractivity contribution in [3.63, 3.8) is 0 Å². The molecule has 0 aromatic heterocycles. The fourth-order valence-corrected chi connectivity index (χ4v) is 5.00. The highest BCUT2D eigenvalue weighted by Gasteiger charge is 2.28. The molecule has 3 rings (SSSR count). The van der Waals surface area contributed by atoms with Gasteiger partial charge >= 0.3 is 0 Å². The van der Waals surface area contributed by atoms with E-state index in [1.807, 2.05) is 36.4 Å². The Morgan fingerprint density at radius 3 is 2.49 bits per heavy atom. The molecule has 35 heavy (non-hydrogen) atoms. The van der Waals surface area contributed by atoms with Gasteiger partial charge in [-0.05, 0) is 76.5 Å². The number of nitrogens with one attached hydrogen (secondary N) is 1. The normalized spacial score (nSPS) is 15.4. The van der Waals surface area contributed by atoms with E-state index < -0.39 is 6.04 Å². The zero-order valence-electron chi connectivity index (χ0n) is 21.1. The molecule has 1 fully saturated rings. The quantitative estimate of drug-likeness (QED) is 0.391. The molecule has 5 nitrogen and oxygen atoms in total. The number of rotatable bonds is 8. The molecule has 2 amide bonds. The molecule has 1 N–H and O–H groups in total. The van der Waals surface area contributed by atoms with E-state index >= 15 is 0 Å². The third-order valence-electron chi connectivity index (χ3n) is 6.51. The van der Waals surface area contributed by atoms with Gasteiger partial charge in [-0.2, -0.15) is 0 Å². The van der Waals surface area contributed by atoms with E-state index in [9.17, 15) is 9.59 Å². The SMILES string of the molecule is CC(C(=O)NC1CCCCC1)N(Cc1cccc(Cl)c1)C(=O)COc1ccc(C(C)(C)C)cc1Br. The summed E-state index contributed by atoms with van der Waals surface area (Å²) in [5.74, 6) is 0.194. The first-order valence-corrected chi connectivity index (χ1v) is 13.5. The Bertz CT molecular complexity index is 1030. The topological polar surface area (TPSA) is 58.6 Å². The lowest BCUT2D eigenvalue weighted by molar-refractivity contribution is -0.142. The number of ether oxygens (including phenoxy) is 1. The summed E-state index contributed by atoms with van der Waals surface area (Å²) in [4.78, 5) is 28.0. The first-order chi connectivity index (χ1) is 16.5. The van der Waals surface area contributed by atoms with Crippen molar-refractivity contribution in [3.8, 4) is 5.75 Å². The van der Waals surface area contributed by atoms with Crippen molar-refractivity contribution >= 4 is 39.3 Å². The van der Waals surface area contributed by atoms with Gasteiger partial charge in [0.05, 0.1) is 4.47 Å². The van der Waals surface area contributed by atoms with Gasteiger partial charge in [0, 0.05) is 17.6 Å². The third kappa shape index (κ3) is 7.97. The maximum atomic E-state index is 13.4. The van der Waals surface area contributed by atoms with Gasteiger partial charge < -0.3 is 15.0 Å². The number of amides is 2. The number of hydrogen-bond donors (Lipinski definition) is 1. The van der Waals surface area contributed by atoms with Gasteiger partial charge in [0.1, 0.15) is 11.8 Å². The van der Waals surface area contributed by atoms with Gasteiger partial charge in [-0.15, -0.1) is 0 Å². The van der Waals surface area contributed by atoms with Crippen LogP contribution in [0.5, 0.6) is 5.75 Å². The first-order valence-electron chi connectivity index (χ1n) is 12.3. The van der Waals surface area contributed by atoms with Gasteiger partial charge in [-0.25, -0.2) is 0 Å². The van der Waals surface area contributed by atoms with Crippen molar-refractivity contribution in [3.05, 3.63) is 63.1 Å². The molecule has 0 heterocycles. The van der Waals surface area contributed by atoms with Gasteiger partial charge in [0.15, 0.2) is 6.61 Å². The van der Waals surface area contributed by atoms with Gasteiger partial charge in [-0.3, -0.25) is 9.59 Å². The lowest BCUT2D eigenvalue weighted by Crippen LogP contribution is -2.51. The highest BCUT2D eigenvalue weighted by Crippen LogP contribution is 2.31. The molecule has 1 aliphatic rings. The highest BCUT2D eigenvalue weighted by atomic mass is 79.9. The van der Waals surface area contributed by atoms with Crippen LogP contribution in [0.3, 0.4) is 0 Å². The summed E-state index contributed by atoms with van der Waals surface area (Å²) >= 11 is 9.74. The Hall–Kier alpha value is -2.05. The van der Waals surface area contributed by atoms with E-state index in [4.69, 9.17) is 16.3 Å². The zero-order chi connectivity index (χ0) is 25.6. The number of halogens is 2. The van der Waals surface area contributed by atoms with Gasteiger partial charge in [0.2, 0.25) is 5.91 Å². The summed E-state index contributed by atoms with van der Waals surface area (Å²) in [7, 11) is 0. The summed E-state index contributed by atoms with van der Waals surface area (Å²) in [6, 6.07) is 12.8. The van der Waals surface area contributed by atoms with Crippen LogP contribution >= 0.6 is 27.5 Å². The van der Waals surface area contributed by atoms with E-state index in [0.717, 1.165) is 35.7 Å². The van der Waals surface area contributed by atoms with E-state index in [2.05, 4.69) is 42.0 Å². The van der Waals surface area contributed by atoms with Crippen LogP contribution in [0.1, 0.15) is 70.9 Å². The Kier molecular flexibility index (Phi) is 9.65. The molecule has 1 saturated carbocycles. The second-order valence-electron chi connectivity index (χ2n) is 10.4. The van der Waals surface area contributed by atoms with Crippen LogP contribution in [0.15, 0.2) is 46.9 Å². The third-order valence-corrected chi connectivity index (χ3v) is 7.36. The van der Waals surface area contributed by atoms with Gasteiger partial charge in [-0.1, -0.05) is 69.8 Å². The molecule has 2 aromatic rings.